The highest BCUT2D eigenvalue weighted by Gasteiger charge is 2.17. The Morgan fingerprint density at radius 3 is 2.23 bits per heavy atom. The number of H-pyrrole nitrogens is 1. The maximum atomic E-state index is 10.8. The first kappa shape index (κ1) is 20.4. The Hall–Kier alpha value is -5.25. The molecule has 0 bridgehead atoms. The Labute approximate surface area is 196 Å². The third-order valence-corrected chi connectivity index (χ3v) is 5.64. The summed E-state index contributed by atoms with van der Waals surface area (Å²) in [6, 6.07) is 18.2. The summed E-state index contributed by atoms with van der Waals surface area (Å²) in [7, 11) is 0. The number of aromatic nitrogens is 4. The van der Waals surface area contributed by atoms with Gasteiger partial charge in [0.25, 0.3) is 5.69 Å². The minimum atomic E-state index is -0.473. The Kier molecular flexibility index (Phi) is 4.63. The van der Waals surface area contributed by atoms with Crippen LogP contribution in [0.2, 0.25) is 0 Å². The molecule has 3 aromatic carbocycles. The molecular weight excluding hydrogens is 446 g/mol. The first-order valence-corrected chi connectivity index (χ1v) is 10.6. The van der Waals surface area contributed by atoms with Crippen molar-refractivity contribution < 1.29 is 10.0 Å². The lowest BCUT2D eigenvalue weighted by Gasteiger charge is -2.03. The molecule has 10 heteroatoms. The SMILES string of the molecule is O=[N+]([O-])c1ccc(N=Nc2ccc(O)c(-c3nc4c5cccnc5c5ncccc5c4[nH]3)c2)cc1. The largest absolute Gasteiger partial charge is 0.507 e. The lowest BCUT2D eigenvalue weighted by molar-refractivity contribution is -0.384. The average molecular weight is 461 g/mol. The van der Waals surface area contributed by atoms with E-state index in [4.69, 9.17) is 4.98 Å². The fraction of sp³-hybridized carbons (Fsp3) is 0. The molecule has 6 rings (SSSR count). The number of nitrogens with one attached hydrogen (secondary N) is 1. The number of nitro groups is 1. The molecule has 0 aliphatic heterocycles. The number of pyridine rings is 2. The first-order chi connectivity index (χ1) is 17.1. The second-order valence-electron chi connectivity index (χ2n) is 7.78. The monoisotopic (exact) mass is 461 g/mol. The van der Waals surface area contributed by atoms with Crippen molar-refractivity contribution in [1.29, 1.82) is 0 Å². The number of phenols is 1. The average Bonchev–Trinajstić information content (AvgIpc) is 3.34. The van der Waals surface area contributed by atoms with Gasteiger partial charge in [-0.15, -0.1) is 0 Å². The van der Waals surface area contributed by atoms with E-state index < -0.39 is 4.92 Å². The van der Waals surface area contributed by atoms with Crippen LogP contribution in [0.5, 0.6) is 5.75 Å². The zero-order chi connectivity index (χ0) is 23.9. The second-order valence-corrected chi connectivity index (χ2v) is 7.78. The number of nitro benzene ring substituents is 1. The number of non-ortho nitro benzene ring substituents is 1. The number of aromatic amines is 1. The number of nitrogens with zero attached hydrogens (tertiary/aromatic N) is 6. The van der Waals surface area contributed by atoms with E-state index in [0.29, 0.717) is 22.8 Å². The Balaban J connectivity index is 1.45. The van der Waals surface area contributed by atoms with Crippen molar-refractivity contribution in [2.75, 3.05) is 0 Å². The Morgan fingerprint density at radius 2 is 1.49 bits per heavy atom. The Bertz CT molecular complexity index is 1720. The van der Waals surface area contributed by atoms with E-state index >= 15 is 0 Å². The van der Waals surface area contributed by atoms with Crippen LogP contribution in [0.25, 0.3) is 44.2 Å². The molecular formula is C25H15N7O3. The minimum Gasteiger partial charge on any atom is -0.507 e. The molecule has 0 spiro atoms. The van der Waals surface area contributed by atoms with Gasteiger partial charge in [-0.1, -0.05) is 0 Å². The summed E-state index contributed by atoms with van der Waals surface area (Å²) < 4.78 is 0. The van der Waals surface area contributed by atoms with Crippen LogP contribution in [-0.2, 0) is 0 Å². The molecule has 3 heterocycles. The molecule has 0 fully saturated rings. The third-order valence-electron chi connectivity index (χ3n) is 5.64. The predicted molar refractivity (Wildman–Crippen MR) is 131 cm³/mol. The van der Waals surface area contributed by atoms with Crippen LogP contribution in [0, 0.1) is 10.1 Å². The van der Waals surface area contributed by atoms with E-state index in [1.54, 1.807) is 24.5 Å². The van der Waals surface area contributed by atoms with Gasteiger partial charge in [-0.3, -0.25) is 20.1 Å². The van der Waals surface area contributed by atoms with Crippen LogP contribution in [0.4, 0.5) is 17.1 Å². The maximum absolute atomic E-state index is 10.8. The van der Waals surface area contributed by atoms with Crippen molar-refractivity contribution >= 4 is 49.9 Å². The van der Waals surface area contributed by atoms with Gasteiger partial charge in [0.05, 0.1) is 43.9 Å². The fourth-order valence-corrected chi connectivity index (χ4v) is 4.00. The molecule has 0 unspecified atom stereocenters. The number of imidazole rings is 1. The highest BCUT2D eigenvalue weighted by molar-refractivity contribution is 6.21. The molecule has 0 radical (unpaired) electrons. The molecule has 0 aliphatic carbocycles. The summed E-state index contributed by atoms with van der Waals surface area (Å²) >= 11 is 0. The van der Waals surface area contributed by atoms with Gasteiger partial charge in [0.15, 0.2) is 0 Å². The van der Waals surface area contributed by atoms with Gasteiger partial charge in [0, 0.05) is 35.3 Å². The Morgan fingerprint density at radius 1 is 0.829 bits per heavy atom. The van der Waals surface area contributed by atoms with Crippen molar-refractivity contribution in [1.82, 2.24) is 19.9 Å². The van der Waals surface area contributed by atoms with Gasteiger partial charge < -0.3 is 10.1 Å². The van der Waals surface area contributed by atoms with E-state index in [1.807, 2.05) is 24.3 Å². The lowest BCUT2D eigenvalue weighted by atomic mass is 10.1. The minimum absolute atomic E-state index is 0.0220. The molecule has 168 valence electrons. The van der Waals surface area contributed by atoms with E-state index in [2.05, 4.69) is 25.2 Å². The highest BCUT2D eigenvalue weighted by Crippen LogP contribution is 2.37. The second kappa shape index (κ2) is 7.96. The molecule has 0 amide bonds. The molecule has 10 nitrogen and oxygen atoms in total. The van der Waals surface area contributed by atoms with Gasteiger partial charge in [-0.2, -0.15) is 10.2 Å². The van der Waals surface area contributed by atoms with Crippen molar-refractivity contribution in [2.24, 2.45) is 10.2 Å². The van der Waals surface area contributed by atoms with E-state index in [9.17, 15) is 15.2 Å². The van der Waals surface area contributed by atoms with Gasteiger partial charge in [0.2, 0.25) is 0 Å². The van der Waals surface area contributed by atoms with Crippen molar-refractivity contribution in [3.8, 4) is 17.1 Å². The van der Waals surface area contributed by atoms with Crippen molar-refractivity contribution in [2.45, 2.75) is 0 Å². The van der Waals surface area contributed by atoms with Crippen molar-refractivity contribution in [3.05, 3.63) is 89.2 Å². The van der Waals surface area contributed by atoms with Gasteiger partial charge in [-0.25, -0.2) is 4.98 Å². The lowest BCUT2D eigenvalue weighted by Crippen LogP contribution is -1.86. The number of hydrogen-bond acceptors (Lipinski definition) is 8. The van der Waals surface area contributed by atoms with Crippen LogP contribution >= 0.6 is 0 Å². The quantitative estimate of drug-likeness (QED) is 0.135. The summed E-state index contributed by atoms with van der Waals surface area (Å²) in [5, 5.41) is 31.5. The number of fused-ring (bicyclic) bond motifs is 6. The normalized spacial score (nSPS) is 11.7. The number of phenolic OH excluding ortho intramolecular Hbond substituents is 1. The summed E-state index contributed by atoms with van der Waals surface area (Å²) in [5.74, 6) is 0.495. The molecule has 6 aromatic rings. The number of azo groups is 1. The standard InChI is InChI=1S/C25H15N7O3/c33-20-10-7-15(31-30-14-5-8-16(9-6-14)32(34)35)13-19(20)25-28-23-17-3-1-11-26-21(17)22-18(24(23)29-25)4-2-12-27-22/h1-13,33H,(H,28,29). The number of hydrogen-bond donors (Lipinski definition) is 2. The number of aromatic hydroxyl groups is 1. The van der Waals surface area contributed by atoms with Crippen LogP contribution in [-0.4, -0.2) is 30.0 Å². The van der Waals surface area contributed by atoms with Crippen LogP contribution in [0.3, 0.4) is 0 Å². The summed E-state index contributed by atoms with van der Waals surface area (Å²) in [6.45, 7) is 0. The number of rotatable bonds is 4. The molecule has 0 saturated carbocycles. The van der Waals surface area contributed by atoms with Crippen LogP contribution < -0.4 is 0 Å². The van der Waals surface area contributed by atoms with Gasteiger partial charge in [0.1, 0.15) is 11.6 Å². The molecule has 2 N–H and O–H groups in total. The molecule has 35 heavy (non-hydrogen) atoms. The summed E-state index contributed by atoms with van der Waals surface area (Å²) in [6.07, 6.45) is 3.45. The third kappa shape index (κ3) is 3.49. The highest BCUT2D eigenvalue weighted by atomic mass is 16.6. The van der Waals surface area contributed by atoms with Crippen LogP contribution in [0.15, 0.2) is 89.4 Å². The zero-order valence-electron chi connectivity index (χ0n) is 18.0. The first-order valence-electron chi connectivity index (χ1n) is 10.6. The fourth-order valence-electron chi connectivity index (χ4n) is 4.00. The van der Waals surface area contributed by atoms with E-state index in [1.165, 1.54) is 30.3 Å². The van der Waals surface area contributed by atoms with Crippen molar-refractivity contribution in [3.63, 3.8) is 0 Å². The summed E-state index contributed by atoms with van der Waals surface area (Å²) in [4.78, 5) is 27.5. The zero-order valence-corrected chi connectivity index (χ0v) is 18.0. The predicted octanol–water partition coefficient (Wildman–Crippen LogP) is 6.36. The number of benzene rings is 3. The molecule has 0 aliphatic rings. The molecule has 3 aromatic heterocycles. The maximum Gasteiger partial charge on any atom is 0.269 e. The van der Waals surface area contributed by atoms with E-state index in [-0.39, 0.29) is 11.4 Å². The van der Waals surface area contributed by atoms with Gasteiger partial charge >= 0.3 is 0 Å². The van der Waals surface area contributed by atoms with Gasteiger partial charge in [-0.05, 0) is 54.6 Å². The van der Waals surface area contributed by atoms with E-state index in [0.717, 1.165) is 32.8 Å². The smallest absolute Gasteiger partial charge is 0.269 e. The summed E-state index contributed by atoms with van der Waals surface area (Å²) in [5.41, 5.74) is 4.41. The molecule has 0 atom stereocenters. The topological polar surface area (TPSA) is 143 Å². The molecule has 0 saturated heterocycles. The van der Waals surface area contributed by atoms with Crippen LogP contribution in [0.1, 0.15) is 0 Å².